The van der Waals surface area contributed by atoms with Crippen LogP contribution in [-0.2, 0) is 21.0 Å². The van der Waals surface area contributed by atoms with E-state index >= 15 is 0 Å². The normalized spacial score (nSPS) is 14.9. The third kappa shape index (κ3) is 6.17. The third-order valence-electron chi connectivity index (χ3n) is 5.25. The second kappa shape index (κ2) is 10.4. The number of halogens is 3. The lowest BCUT2D eigenvalue weighted by Crippen LogP contribution is -2.49. The van der Waals surface area contributed by atoms with Crippen molar-refractivity contribution in [2.24, 2.45) is 0 Å². The van der Waals surface area contributed by atoms with Crippen molar-refractivity contribution in [1.29, 1.82) is 0 Å². The van der Waals surface area contributed by atoms with Crippen molar-refractivity contribution in [2.75, 3.05) is 44.2 Å². The predicted molar refractivity (Wildman–Crippen MR) is 118 cm³/mol. The van der Waals surface area contributed by atoms with Crippen LogP contribution in [0.2, 0.25) is 0 Å². The maximum Gasteiger partial charge on any atom is 0.417 e. The number of amides is 1. The van der Waals surface area contributed by atoms with Gasteiger partial charge < -0.3 is 14.5 Å². The Kier molecular flexibility index (Phi) is 7.85. The Hall–Kier alpha value is -2.79. The van der Waals surface area contributed by atoms with Crippen molar-refractivity contribution in [3.63, 3.8) is 0 Å². The van der Waals surface area contributed by atoms with Crippen LogP contribution < -0.4 is 14.4 Å². The Morgan fingerprint density at radius 1 is 1.03 bits per heavy atom. The monoisotopic (exact) mass is 485 g/mol. The molecule has 0 atom stereocenters. The number of benzene rings is 2. The summed E-state index contributed by atoms with van der Waals surface area (Å²) in [7, 11) is -4.42. The van der Waals surface area contributed by atoms with Gasteiger partial charge in [-0.25, -0.2) is 13.1 Å². The zero-order valence-electron chi connectivity index (χ0n) is 18.1. The number of carbonyl (C=O) groups excluding carboxylic acids is 1. The van der Waals surface area contributed by atoms with E-state index in [9.17, 15) is 26.4 Å². The lowest BCUT2D eigenvalue weighted by Gasteiger charge is -2.36. The van der Waals surface area contributed by atoms with Gasteiger partial charge in [-0.15, -0.1) is 0 Å². The molecule has 1 heterocycles. The Bertz CT molecular complexity index is 1070. The largest absolute Gasteiger partial charge is 0.492 e. The molecule has 33 heavy (non-hydrogen) atoms. The number of nitrogens with zero attached hydrogens (tertiary/aromatic N) is 2. The highest BCUT2D eigenvalue weighted by Crippen LogP contribution is 2.34. The molecule has 0 bridgehead atoms. The van der Waals surface area contributed by atoms with Crippen molar-refractivity contribution < 1.29 is 31.1 Å². The highest BCUT2D eigenvalue weighted by molar-refractivity contribution is 7.89. The van der Waals surface area contributed by atoms with Crippen molar-refractivity contribution in [3.8, 4) is 5.75 Å². The van der Waals surface area contributed by atoms with E-state index < -0.39 is 26.7 Å². The summed E-state index contributed by atoms with van der Waals surface area (Å²) in [5, 5.41) is 0. The summed E-state index contributed by atoms with van der Waals surface area (Å²) < 4.78 is 71.9. The molecule has 0 radical (unpaired) electrons. The van der Waals surface area contributed by atoms with Crippen LogP contribution >= 0.6 is 0 Å². The number of carbonyl (C=O) groups is 1. The fourth-order valence-electron chi connectivity index (χ4n) is 3.66. The third-order valence-corrected chi connectivity index (χ3v) is 6.77. The van der Waals surface area contributed by atoms with Gasteiger partial charge in [-0.1, -0.05) is 24.3 Å². The lowest BCUT2D eigenvalue weighted by atomic mass is 10.2. The first-order valence-corrected chi connectivity index (χ1v) is 12.0. The summed E-state index contributed by atoms with van der Waals surface area (Å²) in [4.78, 5) is 15.4. The van der Waals surface area contributed by atoms with E-state index in [1.54, 1.807) is 4.90 Å². The molecule has 2 aromatic carbocycles. The van der Waals surface area contributed by atoms with Crippen LogP contribution in [0.5, 0.6) is 5.75 Å². The number of rotatable bonds is 8. The molecule has 1 fully saturated rings. The summed E-state index contributed by atoms with van der Waals surface area (Å²) in [6.07, 6.45) is -4.95. The summed E-state index contributed by atoms with van der Waals surface area (Å²) in [6.45, 7) is 4.22. The molecule has 11 heteroatoms. The molecule has 2 aromatic rings. The molecule has 0 saturated carbocycles. The van der Waals surface area contributed by atoms with E-state index in [0.717, 1.165) is 23.6 Å². The molecule has 1 amide bonds. The van der Waals surface area contributed by atoms with E-state index in [4.69, 9.17) is 4.74 Å². The number of para-hydroxylation sites is 2. The van der Waals surface area contributed by atoms with E-state index in [0.29, 0.717) is 38.9 Å². The SMILES string of the molecule is CCOc1ccccc1N1CCN(C(=O)CCNS(=O)(=O)c2ccccc2C(F)(F)F)CC1. The average Bonchev–Trinajstić information content (AvgIpc) is 2.79. The van der Waals surface area contributed by atoms with Gasteiger partial charge in [0.05, 0.1) is 22.8 Å². The van der Waals surface area contributed by atoms with Crippen molar-refractivity contribution in [1.82, 2.24) is 9.62 Å². The van der Waals surface area contributed by atoms with Gasteiger partial charge in [0.2, 0.25) is 15.9 Å². The number of anilines is 1. The molecule has 3 rings (SSSR count). The summed E-state index contributed by atoms with van der Waals surface area (Å²) >= 11 is 0. The summed E-state index contributed by atoms with van der Waals surface area (Å²) in [6, 6.07) is 11.6. The molecule has 0 aromatic heterocycles. The molecule has 0 unspecified atom stereocenters. The molecule has 1 N–H and O–H groups in total. The molecular formula is C22H26F3N3O4S. The van der Waals surface area contributed by atoms with Gasteiger partial charge in [0.1, 0.15) is 5.75 Å². The van der Waals surface area contributed by atoms with Crippen LogP contribution in [0.4, 0.5) is 18.9 Å². The minimum Gasteiger partial charge on any atom is -0.492 e. The van der Waals surface area contributed by atoms with Gasteiger partial charge in [-0.05, 0) is 31.2 Å². The number of alkyl halides is 3. The molecule has 180 valence electrons. The maximum absolute atomic E-state index is 13.1. The van der Waals surface area contributed by atoms with Crippen LogP contribution in [0.25, 0.3) is 0 Å². The first-order valence-electron chi connectivity index (χ1n) is 10.5. The molecule has 1 saturated heterocycles. The number of hydrogen-bond donors (Lipinski definition) is 1. The smallest absolute Gasteiger partial charge is 0.417 e. The van der Waals surface area contributed by atoms with Gasteiger partial charge in [0, 0.05) is 39.1 Å². The Balaban J connectivity index is 1.54. The first-order chi connectivity index (χ1) is 15.6. The Labute approximate surface area is 191 Å². The van der Waals surface area contributed by atoms with E-state index in [1.807, 2.05) is 31.2 Å². The standard InChI is InChI=1S/C22H26F3N3O4S/c1-2-32-19-9-5-4-8-18(19)27-13-15-28(16-14-27)21(29)11-12-26-33(30,31)20-10-6-3-7-17(20)22(23,24)25/h3-10,26H,2,11-16H2,1H3. The van der Waals surface area contributed by atoms with Crippen molar-refractivity contribution >= 4 is 21.6 Å². The summed E-state index contributed by atoms with van der Waals surface area (Å²) in [5.41, 5.74) is -0.296. The van der Waals surface area contributed by atoms with Crippen LogP contribution in [-0.4, -0.2) is 58.6 Å². The van der Waals surface area contributed by atoms with E-state index in [2.05, 4.69) is 9.62 Å². The molecule has 1 aliphatic heterocycles. The number of ether oxygens (including phenoxy) is 1. The minimum absolute atomic E-state index is 0.150. The van der Waals surface area contributed by atoms with Gasteiger partial charge in [0.25, 0.3) is 0 Å². The molecule has 0 aliphatic carbocycles. The Morgan fingerprint density at radius 2 is 1.67 bits per heavy atom. The lowest BCUT2D eigenvalue weighted by molar-refractivity contribution is -0.140. The quantitative estimate of drug-likeness (QED) is 0.622. The second-order valence-corrected chi connectivity index (χ2v) is 9.15. The zero-order valence-corrected chi connectivity index (χ0v) is 19.0. The Morgan fingerprint density at radius 3 is 2.33 bits per heavy atom. The molecular weight excluding hydrogens is 459 g/mol. The number of nitrogens with one attached hydrogen (secondary N) is 1. The van der Waals surface area contributed by atoms with Gasteiger partial charge in [-0.3, -0.25) is 4.79 Å². The molecule has 7 nitrogen and oxygen atoms in total. The first kappa shape index (κ1) is 24.8. The summed E-state index contributed by atoms with van der Waals surface area (Å²) in [5.74, 6) is 0.507. The molecule has 0 spiro atoms. The fraction of sp³-hybridized carbons (Fsp3) is 0.409. The van der Waals surface area contributed by atoms with Crippen LogP contribution in [0.3, 0.4) is 0 Å². The molecule has 1 aliphatic rings. The number of piperazine rings is 1. The van der Waals surface area contributed by atoms with Gasteiger partial charge in [0.15, 0.2) is 0 Å². The van der Waals surface area contributed by atoms with E-state index in [-0.39, 0.29) is 18.9 Å². The number of hydrogen-bond acceptors (Lipinski definition) is 5. The topological polar surface area (TPSA) is 79.0 Å². The van der Waals surface area contributed by atoms with Crippen LogP contribution in [0.15, 0.2) is 53.4 Å². The minimum atomic E-state index is -4.80. The fourth-order valence-corrected chi connectivity index (χ4v) is 4.91. The van der Waals surface area contributed by atoms with E-state index in [1.165, 1.54) is 6.07 Å². The zero-order chi connectivity index (χ0) is 24.1. The maximum atomic E-state index is 13.1. The van der Waals surface area contributed by atoms with Crippen molar-refractivity contribution in [2.45, 2.75) is 24.4 Å². The highest BCUT2D eigenvalue weighted by Gasteiger charge is 2.36. The second-order valence-electron chi connectivity index (χ2n) is 7.41. The average molecular weight is 486 g/mol. The van der Waals surface area contributed by atoms with Crippen LogP contribution in [0, 0.1) is 0 Å². The van der Waals surface area contributed by atoms with Gasteiger partial charge >= 0.3 is 6.18 Å². The van der Waals surface area contributed by atoms with Crippen molar-refractivity contribution in [3.05, 3.63) is 54.1 Å². The predicted octanol–water partition coefficient (Wildman–Crippen LogP) is 3.12. The van der Waals surface area contributed by atoms with Crippen LogP contribution in [0.1, 0.15) is 18.9 Å². The number of sulfonamides is 1. The van der Waals surface area contributed by atoms with Gasteiger partial charge in [-0.2, -0.15) is 13.2 Å². The highest BCUT2D eigenvalue weighted by atomic mass is 32.2.